The van der Waals surface area contributed by atoms with Gasteiger partial charge >= 0.3 is 0 Å². The van der Waals surface area contributed by atoms with Gasteiger partial charge in [-0.05, 0) is 30.5 Å². The van der Waals surface area contributed by atoms with Gasteiger partial charge in [-0.3, -0.25) is 0 Å². The van der Waals surface area contributed by atoms with Gasteiger partial charge in [0, 0.05) is 4.47 Å². The Labute approximate surface area is 96.2 Å². The van der Waals surface area contributed by atoms with Crippen LogP contribution in [0.15, 0.2) is 22.7 Å². The predicted molar refractivity (Wildman–Crippen MR) is 58.0 cm³/mol. The molecule has 2 rings (SSSR count). The average Bonchev–Trinajstić information content (AvgIpc) is 2.20. The second-order valence-electron chi connectivity index (χ2n) is 3.72. The Morgan fingerprint density at radius 2 is 2.20 bits per heavy atom. The minimum Gasteiger partial charge on any atom is -0.391 e. The minimum atomic E-state index is -0.361. The summed E-state index contributed by atoms with van der Waals surface area (Å²) in [5.41, 5.74) is 0.948. The molecular formula is C11H12BrFO2. The van der Waals surface area contributed by atoms with Gasteiger partial charge in [-0.15, -0.1) is 0 Å². The number of halogens is 2. The highest BCUT2D eigenvalue weighted by molar-refractivity contribution is 9.10. The Balaban J connectivity index is 2.15. The first-order valence-electron chi connectivity index (χ1n) is 4.91. The molecule has 2 atom stereocenters. The zero-order valence-corrected chi connectivity index (χ0v) is 9.71. The SMILES string of the molecule is OC1CCC(c2ccc(F)cc2Br)OC1. The number of hydrogen-bond acceptors (Lipinski definition) is 2. The molecule has 0 saturated carbocycles. The predicted octanol–water partition coefficient (Wildman–Crippen LogP) is 2.80. The molecule has 0 amide bonds. The molecule has 2 nitrogen and oxygen atoms in total. The molecule has 0 spiro atoms. The van der Waals surface area contributed by atoms with Crippen molar-refractivity contribution < 1.29 is 14.2 Å². The van der Waals surface area contributed by atoms with Crippen LogP contribution in [0.5, 0.6) is 0 Å². The number of ether oxygens (including phenoxy) is 1. The molecule has 0 aliphatic carbocycles. The van der Waals surface area contributed by atoms with E-state index >= 15 is 0 Å². The normalized spacial score (nSPS) is 26.6. The van der Waals surface area contributed by atoms with E-state index in [4.69, 9.17) is 4.74 Å². The van der Waals surface area contributed by atoms with E-state index in [1.807, 2.05) is 0 Å². The van der Waals surface area contributed by atoms with Crippen LogP contribution in [0.3, 0.4) is 0 Å². The van der Waals surface area contributed by atoms with Crippen molar-refractivity contribution in [3.8, 4) is 0 Å². The van der Waals surface area contributed by atoms with Crippen LogP contribution in [0, 0.1) is 5.82 Å². The molecule has 1 saturated heterocycles. The van der Waals surface area contributed by atoms with Crippen molar-refractivity contribution in [2.75, 3.05) is 6.61 Å². The fourth-order valence-corrected chi connectivity index (χ4v) is 2.35. The molecule has 1 aliphatic heterocycles. The molecule has 1 N–H and O–H groups in total. The first-order valence-corrected chi connectivity index (χ1v) is 5.70. The first-order chi connectivity index (χ1) is 7.16. The third-order valence-electron chi connectivity index (χ3n) is 2.56. The van der Waals surface area contributed by atoms with Crippen LogP contribution in [0.1, 0.15) is 24.5 Å². The molecular weight excluding hydrogens is 263 g/mol. The first kappa shape index (κ1) is 11.0. The summed E-state index contributed by atoms with van der Waals surface area (Å²) in [4.78, 5) is 0. The fraction of sp³-hybridized carbons (Fsp3) is 0.455. The molecule has 0 radical (unpaired) electrons. The fourth-order valence-electron chi connectivity index (χ4n) is 1.75. The van der Waals surface area contributed by atoms with Crippen LogP contribution in [0.2, 0.25) is 0 Å². The van der Waals surface area contributed by atoms with Crippen molar-refractivity contribution in [2.24, 2.45) is 0 Å². The Morgan fingerprint density at radius 1 is 1.40 bits per heavy atom. The lowest BCUT2D eigenvalue weighted by Gasteiger charge is -2.27. The van der Waals surface area contributed by atoms with Gasteiger partial charge in [0.25, 0.3) is 0 Å². The summed E-state index contributed by atoms with van der Waals surface area (Å²) in [5.74, 6) is -0.263. The lowest BCUT2D eigenvalue weighted by atomic mass is 10.0. The van der Waals surface area contributed by atoms with E-state index in [0.717, 1.165) is 22.9 Å². The van der Waals surface area contributed by atoms with E-state index in [2.05, 4.69) is 15.9 Å². The van der Waals surface area contributed by atoms with Gasteiger partial charge in [-0.1, -0.05) is 22.0 Å². The van der Waals surface area contributed by atoms with Gasteiger partial charge in [0.1, 0.15) is 5.82 Å². The van der Waals surface area contributed by atoms with Gasteiger partial charge < -0.3 is 9.84 Å². The van der Waals surface area contributed by atoms with Gasteiger partial charge in [-0.2, -0.15) is 0 Å². The summed E-state index contributed by atoms with van der Waals surface area (Å²) in [6.07, 6.45) is 1.10. The van der Waals surface area contributed by atoms with Crippen molar-refractivity contribution in [1.82, 2.24) is 0 Å². The molecule has 0 aromatic heterocycles. The van der Waals surface area contributed by atoms with Crippen LogP contribution in [0.25, 0.3) is 0 Å². The number of hydrogen-bond donors (Lipinski definition) is 1. The highest BCUT2D eigenvalue weighted by Crippen LogP contribution is 2.33. The number of aliphatic hydroxyl groups excluding tert-OH is 1. The van der Waals surface area contributed by atoms with Crippen molar-refractivity contribution in [1.29, 1.82) is 0 Å². The van der Waals surface area contributed by atoms with E-state index < -0.39 is 0 Å². The van der Waals surface area contributed by atoms with E-state index in [1.54, 1.807) is 6.07 Å². The average molecular weight is 275 g/mol. The number of aliphatic hydroxyl groups is 1. The Hall–Kier alpha value is -0.450. The number of rotatable bonds is 1. The molecule has 1 fully saturated rings. The standard InChI is InChI=1S/C11H12BrFO2/c12-10-5-7(13)1-3-9(10)11-4-2-8(14)6-15-11/h1,3,5,8,11,14H,2,4,6H2. The van der Waals surface area contributed by atoms with E-state index in [1.165, 1.54) is 12.1 Å². The maximum atomic E-state index is 12.9. The highest BCUT2D eigenvalue weighted by Gasteiger charge is 2.22. The Morgan fingerprint density at radius 3 is 2.80 bits per heavy atom. The summed E-state index contributed by atoms with van der Waals surface area (Å²) in [5, 5.41) is 9.29. The topological polar surface area (TPSA) is 29.5 Å². The van der Waals surface area contributed by atoms with Crippen LogP contribution in [-0.2, 0) is 4.74 Å². The summed E-state index contributed by atoms with van der Waals surface area (Å²) in [6, 6.07) is 4.58. The molecule has 1 heterocycles. The minimum absolute atomic E-state index is 0.0385. The third kappa shape index (κ3) is 2.56. The summed E-state index contributed by atoms with van der Waals surface area (Å²) >= 11 is 3.32. The van der Waals surface area contributed by atoms with E-state index in [9.17, 15) is 9.50 Å². The highest BCUT2D eigenvalue weighted by atomic mass is 79.9. The number of benzene rings is 1. The monoisotopic (exact) mass is 274 g/mol. The smallest absolute Gasteiger partial charge is 0.124 e. The molecule has 15 heavy (non-hydrogen) atoms. The summed E-state index contributed by atoms with van der Waals surface area (Å²) < 4.78 is 19.1. The van der Waals surface area contributed by atoms with E-state index in [0.29, 0.717) is 6.61 Å². The van der Waals surface area contributed by atoms with Gasteiger partial charge in [-0.25, -0.2) is 4.39 Å². The van der Waals surface area contributed by atoms with Gasteiger partial charge in [0.05, 0.1) is 18.8 Å². The van der Waals surface area contributed by atoms with E-state index in [-0.39, 0.29) is 18.0 Å². The maximum absolute atomic E-state index is 12.9. The van der Waals surface area contributed by atoms with Crippen molar-refractivity contribution >= 4 is 15.9 Å². The molecule has 4 heteroatoms. The van der Waals surface area contributed by atoms with Gasteiger partial charge in [0.2, 0.25) is 0 Å². The molecule has 0 bridgehead atoms. The Kier molecular flexibility index (Phi) is 3.38. The molecule has 1 aromatic rings. The quantitative estimate of drug-likeness (QED) is 0.854. The van der Waals surface area contributed by atoms with Crippen molar-refractivity contribution in [3.05, 3.63) is 34.1 Å². The zero-order valence-electron chi connectivity index (χ0n) is 8.12. The summed E-state index contributed by atoms with van der Waals surface area (Å²) in [7, 11) is 0. The zero-order chi connectivity index (χ0) is 10.8. The molecule has 1 aromatic carbocycles. The van der Waals surface area contributed by atoms with Crippen LogP contribution >= 0.6 is 15.9 Å². The van der Waals surface area contributed by atoms with Crippen LogP contribution in [0.4, 0.5) is 4.39 Å². The van der Waals surface area contributed by atoms with Crippen LogP contribution < -0.4 is 0 Å². The van der Waals surface area contributed by atoms with Crippen molar-refractivity contribution in [2.45, 2.75) is 25.0 Å². The largest absolute Gasteiger partial charge is 0.391 e. The lowest BCUT2D eigenvalue weighted by molar-refractivity contribution is -0.0571. The molecule has 2 unspecified atom stereocenters. The second kappa shape index (κ2) is 4.60. The van der Waals surface area contributed by atoms with Gasteiger partial charge in [0.15, 0.2) is 0 Å². The summed E-state index contributed by atoms with van der Waals surface area (Å²) in [6.45, 7) is 0.356. The Bertz CT molecular complexity index is 348. The lowest BCUT2D eigenvalue weighted by Crippen LogP contribution is -2.24. The van der Waals surface area contributed by atoms with Crippen LogP contribution in [-0.4, -0.2) is 17.8 Å². The third-order valence-corrected chi connectivity index (χ3v) is 3.25. The second-order valence-corrected chi connectivity index (χ2v) is 4.57. The maximum Gasteiger partial charge on any atom is 0.124 e. The molecule has 82 valence electrons. The van der Waals surface area contributed by atoms with Crippen molar-refractivity contribution in [3.63, 3.8) is 0 Å². The molecule has 1 aliphatic rings.